The molecule has 1 heteroatoms. The van der Waals surface area contributed by atoms with Crippen molar-refractivity contribution in [3.05, 3.63) is 0 Å². The van der Waals surface area contributed by atoms with Crippen molar-refractivity contribution in [2.24, 2.45) is 0 Å². The van der Waals surface area contributed by atoms with E-state index in [9.17, 15) is 0 Å². The molecule has 1 aliphatic heterocycles. The van der Waals surface area contributed by atoms with Gasteiger partial charge in [-0.05, 0) is 39.7 Å². The van der Waals surface area contributed by atoms with E-state index in [4.69, 9.17) is 0 Å². The molecule has 0 bridgehead atoms. The van der Waals surface area contributed by atoms with Crippen molar-refractivity contribution in [3.63, 3.8) is 0 Å². The zero-order chi connectivity index (χ0) is 9.68. The molecule has 1 fully saturated rings. The third-order valence-corrected chi connectivity index (χ3v) is 3.40. The Morgan fingerprint density at radius 2 is 1.62 bits per heavy atom. The quantitative estimate of drug-likeness (QED) is 0.590. The highest BCUT2D eigenvalue weighted by molar-refractivity contribution is 4.81. The number of nitrogens with zero attached hydrogens (tertiary/aromatic N) is 1. The van der Waals surface area contributed by atoms with Crippen molar-refractivity contribution in [2.45, 2.75) is 71.4 Å². The predicted molar refractivity (Wildman–Crippen MR) is 59.0 cm³/mol. The molecule has 2 unspecified atom stereocenters. The molecule has 1 aliphatic rings. The second-order valence-corrected chi connectivity index (χ2v) is 4.57. The average Bonchev–Trinajstić information content (AvgIpc) is 2.42. The van der Waals surface area contributed by atoms with Crippen molar-refractivity contribution in [3.8, 4) is 0 Å². The molecule has 0 aromatic carbocycles. The van der Waals surface area contributed by atoms with Crippen LogP contribution in [-0.2, 0) is 0 Å². The van der Waals surface area contributed by atoms with Gasteiger partial charge in [-0.1, -0.05) is 26.2 Å². The number of rotatable bonds is 5. The summed E-state index contributed by atoms with van der Waals surface area (Å²) in [5, 5.41) is 0. The normalized spacial score (nSPS) is 29.8. The summed E-state index contributed by atoms with van der Waals surface area (Å²) in [6.45, 7) is 8.37. The molecule has 0 N–H and O–H groups in total. The summed E-state index contributed by atoms with van der Waals surface area (Å²) in [4.78, 5) is 2.69. The second kappa shape index (κ2) is 5.64. The Labute approximate surface area is 83.5 Å². The lowest BCUT2D eigenvalue weighted by atomic mass is 10.2. The minimum Gasteiger partial charge on any atom is -0.298 e. The summed E-state index contributed by atoms with van der Waals surface area (Å²) in [6.07, 6.45) is 8.42. The van der Waals surface area contributed by atoms with Crippen molar-refractivity contribution in [1.82, 2.24) is 4.90 Å². The van der Waals surface area contributed by atoms with Gasteiger partial charge in [0, 0.05) is 12.1 Å². The van der Waals surface area contributed by atoms with E-state index in [2.05, 4.69) is 25.7 Å². The molecule has 0 aliphatic carbocycles. The van der Waals surface area contributed by atoms with E-state index in [1.165, 1.54) is 45.1 Å². The van der Waals surface area contributed by atoms with Crippen molar-refractivity contribution >= 4 is 0 Å². The lowest BCUT2D eigenvalue weighted by Crippen LogP contribution is -2.33. The first kappa shape index (κ1) is 11.0. The van der Waals surface area contributed by atoms with Crippen LogP contribution in [-0.4, -0.2) is 23.5 Å². The van der Waals surface area contributed by atoms with Gasteiger partial charge in [0.1, 0.15) is 0 Å². The first-order valence-corrected chi connectivity index (χ1v) is 6.01. The molecule has 13 heavy (non-hydrogen) atoms. The van der Waals surface area contributed by atoms with Crippen LogP contribution in [0.25, 0.3) is 0 Å². The van der Waals surface area contributed by atoms with Crippen LogP contribution in [0.4, 0.5) is 0 Å². The standard InChI is InChI=1S/C12H25N/c1-4-5-6-7-10-13-11(2)8-9-12(13)3/h11-12H,4-10H2,1-3H3. The van der Waals surface area contributed by atoms with Crippen LogP contribution in [0.5, 0.6) is 0 Å². The first-order valence-electron chi connectivity index (χ1n) is 6.01. The lowest BCUT2D eigenvalue weighted by Gasteiger charge is -2.25. The summed E-state index contributed by atoms with van der Waals surface area (Å²) >= 11 is 0. The van der Waals surface area contributed by atoms with Gasteiger partial charge >= 0.3 is 0 Å². The van der Waals surface area contributed by atoms with Crippen molar-refractivity contribution in [1.29, 1.82) is 0 Å². The first-order chi connectivity index (χ1) is 6.25. The Morgan fingerprint density at radius 1 is 1.00 bits per heavy atom. The van der Waals surface area contributed by atoms with Gasteiger partial charge in [0.05, 0.1) is 0 Å². The minimum atomic E-state index is 0.844. The third-order valence-electron chi connectivity index (χ3n) is 3.40. The maximum atomic E-state index is 2.69. The average molecular weight is 183 g/mol. The topological polar surface area (TPSA) is 3.24 Å². The van der Waals surface area contributed by atoms with Crippen LogP contribution in [0.15, 0.2) is 0 Å². The number of unbranched alkanes of at least 4 members (excludes halogenated alkanes) is 3. The summed E-state index contributed by atoms with van der Waals surface area (Å²) in [6, 6.07) is 1.69. The van der Waals surface area contributed by atoms with Gasteiger partial charge in [0.25, 0.3) is 0 Å². The third kappa shape index (κ3) is 3.30. The SMILES string of the molecule is CCCCCCN1C(C)CCC1C. The van der Waals surface area contributed by atoms with Crippen LogP contribution in [0.2, 0.25) is 0 Å². The van der Waals surface area contributed by atoms with E-state index in [0.717, 1.165) is 12.1 Å². The molecular formula is C12H25N. The molecule has 0 amide bonds. The van der Waals surface area contributed by atoms with E-state index in [1.807, 2.05) is 0 Å². The molecule has 1 heterocycles. The van der Waals surface area contributed by atoms with Gasteiger partial charge < -0.3 is 0 Å². The zero-order valence-electron chi connectivity index (χ0n) is 9.55. The summed E-state index contributed by atoms with van der Waals surface area (Å²) in [5.41, 5.74) is 0. The smallest absolute Gasteiger partial charge is 0.00703 e. The molecule has 1 saturated heterocycles. The fourth-order valence-electron chi connectivity index (χ4n) is 2.41. The number of likely N-dealkylation sites (tertiary alicyclic amines) is 1. The van der Waals surface area contributed by atoms with Gasteiger partial charge in [-0.25, -0.2) is 0 Å². The Bertz CT molecular complexity index is 123. The molecular weight excluding hydrogens is 158 g/mol. The largest absolute Gasteiger partial charge is 0.298 e. The number of hydrogen-bond acceptors (Lipinski definition) is 1. The summed E-state index contributed by atoms with van der Waals surface area (Å²) in [5.74, 6) is 0. The monoisotopic (exact) mass is 183 g/mol. The highest BCUT2D eigenvalue weighted by Crippen LogP contribution is 2.23. The molecule has 0 aromatic rings. The molecule has 0 aromatic heterocycles. The fourth-order valence-corrected chi connectivity index (χ4v) is 2.41. The maximum Gasteiger partial charge on any atom is 0.00703 e. The van der Waals surface area contributed by atoms with Crippen LogP contribution >= 0.6 is 0 Å². The molecule has 0 saturated carbocycles. The van der Waals surface area contributed by atoms with Gasteiger partial charge in [0.2, 0.25) is 0 Å². The van der Waals surface area contributed by atoms with Gasteiger partial charge in [-0.2, -0.15) is 0 Å². The van der Waals surface area contributed by atoms with Crippen LogP contribution < -0.4 is 0 Å². The zero-order valence-corrected chi connectivity index (χ0v) is 9.55. The highest BCUT2D eigenvalue weighted by atomic mass is 15.2. The highest BCUT2D eigenvalue weighted by Gasteiger charge is 2.25. The van der Waals surface area contributed by atoms with E-state index in [1.54, 1.807) is 0 Å². The van der Waals surface area contributed by atoms with E-state index in [0.29, 0.717) is 0 Å². The van der Waals surface area contributed by atoms with Crippen LogP contribution in [0.3, 0.4) is 0 Å². The van der Waals surface area contributed by atoms with Crippen molar-refractivity contribution in [2.75, 3.05) is 6.54 Å². The van der Waals surface area contributed by atoms with Gasteiger partial charge in [-0.3, -0.25) is 4.90 Å². The molecule has 2 atom stereocenters. The Morgan fingerprint density at radius 3 is 2.15 bits per heavy atom. The molecule has 0 spiro atoms. The fraction of sp³-hybridized carbons (Fsp3) is 1.00. The summed E-state index contributed by atoms with van der Waals surface area (Å²) < 4.78 is 0. The predicted octanol–water partition coefficient (Wildman–Crippen LogP) is 3.44. The van der Waals surface area contributed by atoms with E-state index >= 15 is 0 Å². The lowest BCUT2D eigenvalue weighted by molar-refractivity contribution is 0.209. The van der Waals surface area contributed by atoms with Crippen LogP contribution in [0, 0.1) is 0 Å². The Kier molecular flexibility index (Phi) is 4.79. The summed E-state index contributed by atoms with van der Waals surface area (Å²) in [7, 11) is 0. The van der Waals surface area contributed by atoms with Crippen molar-refractivity contribution < 1.29 is 0 Å². The second-order valence-electron chi connectivity index (χ2n) is 4.57. The molecule has 1 rings (SSSR count). The maximum absolute atomic E-state index is 2.69. The van der Waals surface area contributed by atoms with E-state index in [-0.39, 0.29) is 0 Å². The Balaban J connectivity index is 2.12. The molecule has 1 nitrogen and oxygen atoms in total. The minimum absolute atomic E-state index is 0.844. The number of hydrogen-bond donors (Lipinski definition) is 0. The van der Waals surface area contributed by atoms with Gasteiger partial charge in [-0.15, -0.1) is 0 Å². The molecule has 0 radical (unpaired) electrons. The van der Waals surface area contributed by atoms with Gasteiger partial charge in [0.15, 0.2) is 0 Å². The Hall–Kier alpha value is -0.0400. The molecule has 78 valence electrons. The van der Waals surface area contributed by atoms with Crippen LogP contribution in [0.1, 0.15) is 59.3 Å². The van der Waals surface area contributed by atoms with E-state index < -0.39 is 0 Å².